The average molecular weight is 441 g/mol. The molecule has 0 aliphatic carbocycles. The zero-order valence-electron chi connectivity index (χ0n) is 15.8. The van der Waals surface area contributed by atoms with E-state index in [1.807, 2.05) is 30.3 Å². The van der Waals surface area contributed by atoms with E-state index in [1.165, 1.54) is 11.3 Å². The Morgan fingerprint density at radius 2 is 1.82 bits per heavy atom. The normalized spacial score (nSPS) is 16.1. The van der Waals surface area contributed by atoms with E-state index in [4.69, 9.17) is 11.6 Å². The second-order valence-corrected chi connectivity index (χ2v) is 10.3. The van der Waals surface area contributed by atoms with Crippen LogP contribution in [0.1, 0.15) is 29.7 Å². The SMILES string of the molecule is CN=C(NCc1ccc(S(=O)(=O)N2CCCCC2)s1)NCc1ccccc1Cl. The molecule has 1 aliphatic rings. The summed E-state index contributed by atoms with van der Waals surface area (Å²) >= 11 is 7.48. The van der Waals surface area contributed by atoms with Crippen molar-refractivity contribution in [2.45, 2.75) is 36.6 Å². The van der Waals surface area contributed by atoms with Crippen LogP contribution in [-0.2, 0) is 23.1 Å². The fraction of sp³-hybridized carbons (Fsp3) is 0.421. The third-order valence-corrected chi connectivity index (χ3v) is 8.42. The Hall–Kier alpha value is -1.61. The molecule has 1 aliphatic heterocycles. The highest BCUT2D eigenvalue weighted by molar-refractivity contribution is 7.91. The number of piperidine rings is 1. The molecule has 1 fully saturated rings. The first-order valence-corrected chi connectivity index (χ1v) is 11.9. The summed E-state index contributed by atoms with van der Waals surface area (Å²) in [4.78, 5) is 5.15. The van der Waals surface area contributed by atoms with Crippen LogP contribution >= 0.6 is 22.9 Å². The van der Waals surface area contributed by atoms with Crippen LogP contribution in [0.2, 0.25) is 5.02 Å². The Kier molecular flexibility index (Phi) is 7.34. The molecule has 0 saturated carbocycles. The van der Waals surface area contributed by atoms with Crippen molar-refractivity contribution in [3.8, 4) is 0 Å². The first kappa shape index (κ1) is 21.1. The molecule has 0 radical (unpaired) electrons. The topological polar surface area (TPSA) is 73.8 Å². The number of thiophene rings is 1. The predicted molar refractivity (Wildman–Crippen MR) is 115 cm³/mol. The van der Waals surface area contributed by atoms with Gasteiger partial charge in [-0.3, -0.25) is 4.99 Å². The molecule has 1 aromatic heterocycles. The maximum absolute atomic E-state index is 12.8. The summed E-state index contributed by atoms with van der Waals surface area (Å²) in [6.45, 7) is 2.29. The van der Waals surface area contributed by atoms with Gasteiger partial charge >= 0.3 is 0 Å². The second kappa shape index (κ2) is 9.73. The van der Waals surface area contributed by atoms with Gasteiger partial charge in [0.1, 0.15) is 4.21 Å². The van der Waals surface area contributed by atoms with Gasteiger partial charge in [0.25, 0.3) is 10.0 Å². The first-order chi connectivity index (χ1) is 13.5. The van der Waals surface area contributed by atoms with E-state index in [0.717, 1.165) is 29.7 Å². The Balaban J connectivity index is 1.56. The molecule has 2 aromatic rings. The molecule has 9 heteroatoms. The lowest BCUT2D eigenvalue weighted by atomic mass is 10.2. The van der Waals surface area contributed by atoms with Gasteiger partial charge in [-0.1, -0.05) is 36.2 Å². The Labute approximate surface area is 175 Å². The van der Waals surface area contributed by atoms with Gasteiger partial charge in [-0.15, -0.1) is 11.3 Å². The van der Waals surface area contributed by atoms with E-state index in [2.05, 4.69) is 15.6 Å². The number of aliphatic imine (C=N–C) groups is 1. The molecule has 3 rings (SSSR count). The lowest BCUT2D eigenvalue weighted by Crippen LogP contribution is -2.36. The highest BCUT2D eigenvalue weighted by Gasteiger charge is 2.27. The zero-order valence-corrected chi connectivity index (χ0v) is 18.2. The van der Waals surface area contributed by atoms with Crippen LogP contribution in [0.5, 0.6) is 0 Å². The molecule has 0 bridgehead atoms. The van der Waals surface area contributed by atoms with E-state index in [9.17, 15) is 8.42 Å². The van der Waals surface area contributed by atoms with Crippen molar-refractivity contribution in [1.29, 1.82) is 0 Å². The number of hydrogen-bond acceptors (Lipinski definition) is 4. The van der Waals surface area contributed by atoms with Crippen LogP contribution in [0.4, 0.5) is 0 Å². The van der Waals surface area contributed by atoms with Crippen molar-refractivity contribution in [2.75, 3.05) is 20.1 Å². The smallest absolute Gasteiger partial charge is 0.252 e. The number of sulfonamides is 1. The van der Waals surface area contributed by atoms with Crippen LogP contribution in [0, 0.1) is 0 Å². The summed E-state index contributed by atoms with van der Waals surface area (Å²) in [6, 6.07) is 11.2. The van der Waals surface area contributed by atoms with E-state index in [1.54, 1.807) is 17.4 Å². The van der Waals surface area contributed by atoms with Gasteiger partial charge in [-0.25, -0.2) is 8.42 Å². The Bertz CT molecular complexity index is 922. The molecular weight excluding hydrogens is 416 g/mol. The van der Waals surface area contributed by atoms with Crippen molar-refractivity contribution >= 4 is 38.9 Å². The summed E-state index contributed by atoms with van der Waals surface area (Å²) in [7, 11) is -1.68. The van der Waals surface area contributed by atoms with Crippen molar-refractivity contribution in [3.05, 3.63) is 51.9 Å². The van der Waals surface area contributed by atoms with Crippen LogP contribution < -0.4 is 10.6 Å². The van der Waals surface area contributed by atoms with Gasteiger partial charge in [-0.2, -0.15) is 4.31 Å². The van der Waals surface area contributed by atoms with Gasteiger partial charge < -0.3 is 10.6 Å². The molecule has 0 atom stereocenters. The van der Waals surface area contributed by atoms with Gasteiger partial charge in [0.05, 0.1) is 6.54 Å². The number of rotatable bonds is 6. The highest BCUT2D eigenvalue weighted by atomic mass is 35.5. The summed E-state index contributed by atoms with van der Waals surface area (Å²) < 4.78 is 27.5. The molecule has 1 saturated heterocycles. The van der Waals surface area contributed by atoms with Gasteiger partial charge in [0.15, 0.2) is 5.96 Å². The van der Waals surface area contributed by atoms with Crippen LogP contribution in [0.25, 0.3) is 0 Å². The van der Waals surface area contributed by atoms with E-state index >= 15 is 0 Å². The number of nitrogens with zero attached hydrogens (tertiary/aromatic N) is 2. The largest absolute Gasteiger partial charge is 0.352 e. The standard InChI is InChI=1S/C19H25ClN4O2S2/c1-21-19(22-13-15-7-3-4-8-17(15)20)23-14-16-9-10-18(27-16)28(25,26)24-11-5-2-6-12-24/h3-4,7-10H,2,5-6,11-14H2,1H3,(H2,21,22,23). The minimum Gasteiger partial charge on any atom is -0.352 e. The fourth-order valence-electron chi connectivity index (χ4n) is 3.04. The van der Waals surface area contributed by atoms with Gasteiger partial charge in [-0.05, 0) is 36.6 Å². The summed E-state index contributed by atoms with van der Waals surface area (Å²) in [5.41, 5.74) is 0.984. The van der Waals surface area contributed by atoms with Gasteiger partial charge in [0, 0.05) is 36.6 Å². The molecule has 28 heavy (non-hydrogen) atoms. The third kappa shape index (κ3) is 5.26. The molecule has 1 aromatic carbocycles. The molecule has 152 valence electrons. The second-order valence-electron chi connectivity index (χ2n) is 6.56. The predicted octanol–water partition coefficient (Wildman–Crippen LogP) is 3.44. The molecule has 0 unspecified atom stereocenters. The summed E-state index contributed by atoms with van der Waals surface area (Å²) in [6.07, 6.45) is 2.98. The molecule has 6 nitrogen and oxygen atoms in total. The number of benzene rings is 1. The molecule has 2 heterocycles. The number of guanidine groups is 1. The van der Waals surface area contributed by atoms with E-state index < -0.39 is 10.0 Å². The monoisotopic (exact) mass is 440 g/mol. The highest BCUT2D eigenvalue weighted by Crippen LogP contribution is 2.27. The van der Waals surface area contributed by atoms with Crippen molar-refractivity contribution in [2.24, 2.45) is 4.99 Å². The molecule has 0 spiro atoms. The minimum atomic E-state index is -3.37. The number of halogens is 1. The van der Waals surface area contributed by atoms with E-state index in [-0.39, 0.29) is 0 Å². The quantitative estimate of drug-likeness (QED) is 0.533. The Morgan fingerprint density at radius 3 is 2.54 bits per heavy atom. The van der Waals surface area contributed by atoms with Crippen LogP contribution in [0.3, 0.4) is 0 Å². The zero-order chi connectivity index (χ0) is 20.0. The van der Waals surface area contributed by atoms with Crippen LogP contribution in [-0.4, -0.2) is 38.8 Å². The Morgan fingerprint density at radius 1 is 1.11 bits per heavy atom. The summed E-state index contributed by atoms with van der Waals surface area (Å²) in [5, 5.41) is 7.14. The third-order valence-electron chi connectivity index (χ3n) is 4.60. The first-order valence-electron chi connectivity index (χ1n) is 9.27. The van der Waals surface area contributed by atoms with Crippen molar-refractivity contribution in [3.63, 3.8) is 0 Å². The number of hydrogen-bond donors (Lipinski definition) is 2. The van der Waals surface area contributed by atoms with Crippen molar-refractivity contribution < 1.29 is 8.42 Å². The van der Waals surface area contributed by atoms with Crippen LogP contribution in [0.15, 0.2) is 45.6 Å². The molecule has 0 amide bonds. The maximum Gasteiger partial charge on any atom is 0.252 e. The molecule has 2 N–H and O–H groups in total. The fourth-order valence-corrected chi connectivity index (χ4v) is 6.21. The average Bonchev–Trinajstić information content (AvgIpc) is 3.20. The molecular formula is C19H25ClN4O2S2. The maximum atomic E-state index is 12.8. The minimum absolute atomic E-state index is 0.408. The van der Waals surface area contributed by atoms with Crippen molar-refractivity contribution in [1.82, 2.24) is 14.9 Å². The summed E-state index contributed by atoms with van der Waals surface area (Å²) in [5.74, 6) is 0.633. The lowest BCUT2D eigenvalue weighted by Gasteiger charge is -2.25. The van der Waals surface area contributed by atoms with E-state index in [0.29, 0.717) is 41.4 Å². The lowest BCUT2D eigenvalue weighted by molar-refractivity contribution is 0.347. The van der Waals surface area contributed by atoms with Gasteiger partial charge in [0.2, 0.25) is 0 Å². The number of nitrogens with one attached hydrogen (secondary N) is 2.